The molecule has 1 amide bonds. The first kappa shape index (κ1) is 19.7. The summed E-state index contributed by atoms with van der Waals surface area (Å²) in [5.41, 5.74) is -2.50. The number of aromatic amines is 2. The maximum absolute atomic E-state index is 13.4. The molecule has 2 aromatic rings. The molecule has 1 saturated heterocycles. The van der Waals surface area contributed by atoms with Crippen LogP contribution in [0.2, 0.25) is 0 Å². The number of rotatable bonds is 4. The molecule has 1 aliphatic heterocycles. The molecule has 2 aromatic heterocycles. The van der Waals surface area contributed by atoms with E-state index in [2.05, 4.69) is 10.3 Å². The lowest BCUT2D eigenvalue weighted by atomic mass is 9.97. The third-order valence-corrected chi connectivity index (χ3v) is 4.33. The highest BCUT2D eigenvalue weighted by molar-refractivity contribution is 5.94. The summed E-state index contributed by atoms with van der Waals surface area (Å²) in [5, 5.41) is 23.0. The summed E-state index contributed by atoms with van der Waals surface area (Å²) in [7, 11) is 0. The molecule has 11 nitrogen and oxygen atoms in total. The van der Waals surface area contributed by atoms with E-state index < -0.39 is 52.9 Å². The van der Waals surface area contributed by atoms with Crippen molar-refractivity contribution in [3.63, 3.8) is 0 Å². The van der Waals surface area contributed by atoms with Gasteiger partial charge >= 0.3 is 5.69 Å². The first-order valence-electron chi connectivity index (χ1n) is 8.23. The van der Waals surface area contributed by atoms with E-state index >= 15 is 0 Å². The van der Waals surface area contributed by atoms with Crippen molar-refractivity contribution in [1.82, 2.24) is 19.9 Å². The molecular formula is C16H17FN4O7. The van der Waals surface area contributed by atoms with Gasteiger partial charge in [-0.05, 0) is 6.07 Å². The third kappa shape index (κ3) is 4.08. The second kappa shape index (κ2) is 7.88. The summed E-state index contributed by atoms with van der Waals surface area (Å²) in [6.07, 6.45) is -2.10. The molecule has 4 atom stereocenters. The largest absolute Gasteiger partial charge is 0.388 e. The number of carbonyl (C=O) groups excluding carboxylic acids is 1. The van der Waals surface area contributed by atoms with E-state index in [1.165, 1.54) is 12.3 Å². The van der Waals surface area contributed by atoms with Crippen molar-refractivity contribution in [1.29, 1.82) is 0 Å². The van der Waals surface area contributed by atoms with Crippen molar-refractivity contribution in [3.8, 4) is 0 Å². The fourth-order valence-electron chi connectivity index (χ4n) is 2.82. The fourth-order valence-corrected chi connectivity index (χ4v) is 2.82. The number of halogens is 1. The van der Waals surface area contributed by atoms with Crippen LogP contribution in [0, 0.1) is 5.82 Å². The highest BCUT2D eigenvalue weighted by Gasteiger charge is 2.39. The van der Waals surface area contributed by atoms with E-state index in [0.717, 1.165) is 10.6 Å². The average Bonchev–Trinajstić information content (AvgIpc) is 2.65. The monoisotopic (exact) mass is 396 g/mol. The lowest BCUT2D eigenvalue weighted by molar-refractivity contribution is -0.152. The summed E-state index contributed by atoms with van der Waals surface area (Å²) in [5.74, 6) is -1.84. The number of nitrogens with zero attached hydrogens (tertiary/aromatic N) is 1. The molecule has 0 saturated carbocycles. The molecule has 3 heterocycles. The van der Waals surface area contributed by atoms with Gasteiger partial charge in [0.2, 0.25) is 11.4 Å². The number of nitrogens with one attached hydrogen (secondary N) is 3. The smallest absolute Gasteiger partial charge is 0.328 e. The molecule has 0 bridgehead atoms. The normalized spacial score (nSPS) is 24.7. The van der Waals surface area contributed by atoms with E-state index in [4.69, 9.17) is 4.74 Å². The minimum Gasteiger partial charge on any atom is -0.388 e. The Balaban J connectivity index is 1.68. The predicted octanol–water partition coefficient (Wildman–Crippen LogP) is -2.72. The zero-order valence-corrected chi connectivity index (χ0v) is 14.3. The van der Waals surface area contributed by atoms with Gasteiger partial charge in [0, 0.05) is 17.8 Å². The van der Waals surface area contributed by atoms with Gasteiger partial charge in [-0.2, -0.15) is 4.39 Å². The van der Waals surface area contributed by atoms with Crippen molar-refractivity contribution >= 4 is 5.91 Å². The predicted molar refractivity (Wildman–Crippen MR) is 91.4 cm³/mol. The number of aliphatic hydroxyl groups excluding tert-OH is 2. The van der Waals surface area contributed by atoms with Crippen LogP contribution in [0.4, 0.5) is 4.39 Å². The Morgan fingerprint density at radius 2 is 2.07 bits per heavy atom. The van der Waals surface area contributed by atoms with Gasteiger partial charge in [-0.3, -0.25) is 23.9 Å². The van der Waals surface area contributed by atoms with Gasteiger partial charge in [0.15, 0.2) is 0 Å². The number of amides is 1. The van der Waals surface area contributed by atoms with Gasteiger partial charge in [-0.25, -0.2) is 4.79 Å². The van der Waals surface area contributed by atoms with E-state index in [-0.39, 0.29) is 18.7 Å². The van der Waals surface area contributed by atoms with Crippen LogP contribution in [0.25, 0.3) is 0 Å². The standard InChI is InChI=1S/C16H17FN4O7/c17-8-4-21(16(27)20-15(8)26)5-10-13(24)12(23)9(6-28-10)19-14(25)7-1-2-18-11(22)3-7/h1-4,9-10,12-13,23-24H,5-6H2,(H,18,22)(H,19,25)(H,20,26,27)/t9-,10-,12+,13-/m1/s1. The van der Waals surface area contributed by atoms with Gasteiger partial charge in [-0.1, -0.05) is 0 Å². The van der Waals surface area contributed by atoms with Crippen LogP contribution in [0.3, 0.4) is 0 Å². The summed E-state index contributed by atoms with van der Waals surface area (Å²) in [4.78, 5) is 50.3. The van der Waals surface area contributed by atoms with E-state index in [1.54, 1.807) is 4.98 Å². The molecule has 0 spiro atoms. The molecule has 1 fully saturated rings. The van der Waals surface area contributed by atoms with Gasteiger partial charge < -0.3 is 25.3 Å². The Labute approximate surface area is 155 Å². The number of pyridine rings is 1. The van der Waals surface area contributed by atoms with Gasteiger partial charge in [0.25, 0.3) is 11.5 Å². The van der Waals surface area contributed by atoms with E-state index in [1.807, 2.05) is 0 Å². The quantitative estimate of drug-likeness (QED) is 0.374. The highest BCUT2D eigenvalue weighted by atomic mass is 19.1. The first-order valence-corrected chi connectivity index (χ1v) is 8.23. The van der Waals surface area contributed by atoms with Crippen molar-refractivity contribution in [3.05, 3.63) is 67.1 Å². The van der Waals surface area contributed by atoms with Gasteiger partial charge in [-0.15, -0.1) is 0 Å². The van der Waals surface area contributed by atoms with Gasteiger partial charge in [0.05, 0.1) is 25.4 Å². The molecule has 1 aliphatic rings. The molecule has 0 unspecified atom stereocenters. The maximum Gasteiger partial charge on any atom is 0.328 e. The van der Waals surface area contributed by atoms with Crippen LogP contribution >= 0.6 is 0 Å². The molecule has 28 heavy (non-hydrogen) atoms. The van der Waals surface area contributed by atoms with Crippen molar-refractivity contribution in [2.45, 2.75) is 30.9 Å². The van der Waals surface area contributed by atoms with Crippen LogP contribution in [0.15, 0.2) is 38.9 Å². The molecule has 0 aliphatic carbocycles. The van der Waals surface area contributed by atoms with Gasteiger partial charge in [0.1, 0.15) is 18.3 Å². The van der Waals surface area contributed by atoms with Crippen LogP contribution in [-0.2, 0) is 11.3 Å². The summed E-state index contributed by atoms with van der Waals surface area (Å²) in [6.45, 7) is -0.544. The second-order valence-electron chi connectivity index (χ2n) is 6.26. The van der Waals surface area contributed by atoms with Crippen molar-refractivity contribution in [2.24, 2.45) is 0 Å². The Bertz CT molecular complexity index is 1050. The minimum atomic E-state index is -1.51. The minimum absolute atomic E-state index is 0.0582. The zero-order chi connectivity index (χ0) is 20.4. The SMILES string of the molecule is O=C(N[C@@H]1CO[C@H](Cn2cc(F)c(=O)[nH]c2=O)[C@@H](O)[C@H]1O)c1cc[nH]c(=O)c1. The molecular weight excluding hydrogens is 379 g/mol. The summed E-state index contributed by atoms with van der Waals surface area (Å²) >= 11 is 0. The fraction of sp³-hybridized carbons (Fsp3) is 0.375. The Morgan fingerprint density at radius 3 is 2.79 bits per heavy atom. The second-order valence-corrected chi connectivity index (χ2v) is 6.26. The lowest BCUT2D eigenvalue weighted by Crippen LogP contribution is -2.60. The molecule has 0 aromatic carbocycles. The Kier molecular flexibility index (Phi) is 5.53. The van der Waals surface area contributed by atoms with Crippen LogP contribution in [0.1, 0.15) is 10.4 Å². The molecule has 5 N–H and O–H groups in total. The topological polar surface area (TPSA) is 167 Å². The number of H-pyrrole nitrogens is 2. The lowest BCUT2D eigenvalue weighted by Gasteiger charge is -2.38. The average molecular weight is 396 g/mol. The van der Waals surface area contributed by atoms with Crippen molar-refractivity contribution in [2.75, 3.05) is 6.61 Å². The van der Waals surface area contributed by atoms with Crippen LogP contribution in [-0.4, -0.2) is 61.6 Å². The Hall–Kier alpha value is -3.09. The van der Waals surface area contributed by atoms with E-state index in [0.29, 0.717) is 6.20 Å². The highest BCUT2D eigenvalue weighted by Crippen LogP contribution is 2.17. The van der Waals surface area contributed by atoms with Crippen LogP contribution < -0.4 is 22.1 Å². The molecule has 12 heteroatoms. The Morgan fingerprint density at radius 1 is 1.32 bits per heavy atom. The number of hydrogen-bond donors (Lipinski definition) is 5. The van der Waals surface area contributed by atoms with Crippen LogP contribution in [0.5, 0.6) is 0 Å². The number of aromatic nitrogens is 3. The summed E-state index contributed by atoms with van der Waals surface area (Å²) in [6, 6.07) is 1.45. The maximum atomic E-state index is 13.4. The molecule has 150 valence electrons. The van der Waals surface area contributed by atoms with E-state index in [9.17, 15) is 33.8 Å². The van der Waals surface area contributed by atoms with Crippen molar-refractivity contribution < 1.29 is 24.1 Å². The summed E-state index contributed by atoms with van der Waals surface area (Å²) < 4.78 is 19.5. The number of hydrogen-bond acceptors (Lipinski definition) is 7. The molecule has 0 radical (unpaired) electrons. The number of carbonyl (C=O) groups is 1. The number of ether oxygens (including phenoxy) is 1. The third-order valence-electron chi connectivity index (χ3n) is 4.33. The first-order chi connectivity index (χ1) is 13.3. The molecule has 3 rings (SSSR count). The zero-order valence-electron chi connectivity index (χ0n) is 14.3. The number of aliphatic hydroxyl groups is 2.